The van der Waals surface area contributed by atoms with Crippen molar-refractivity contribution in [3.8, 4) is 0 Å². The number of aliphatic hydroxyl groups is 1. The lowest BCUT2D eigenvalue weighted by atomic mass is 9.74. The van der Waals surface area contributed by atoms with Gasteiger partial charge in [0, 0.05) is 18.5 Å². The summed E-state index contributed by atoms with van der Waals surface area (Å²) in [5.41, 5.74) is 4.31. The maximum Gasteiger partial charge on any atom is 0.326 e. The molecule has 18 heavy (non-hydrogen) atoms. The van der Waals surface area contributed by atoms with Crippen molar-refractivity contribution in [3.63, 3.8) is 0 Å². The zero-order valence-electron chi connectivity index (χ0n) is 11.3. The van der Waals surface area contributed by atoms with Crippen LogP contribution in [-0.4, -0.2) is 51.2 Å². The fraction of sp³-hybridized carbons (Fsp3) is 0.833. The molecule has 1 aliphatic rings. The monoisotopic (exact) mass is 258 g/mol. The van der Waals surface area contributed by atoms with E-state index in [1.54, 1.807) is 27.7 Å². The van der Waals surface area contributed by atoms with E-state index in [2.05, 4.69) is 0 Å². The molecule has 0 aromatic heterocycles. The molecule has 0 aromatic carbocycles. The molecule has 0 aromatic rings. The number of aliphatic hydroxyl groups excluding tert-OH is 1. The van der Waals surface area contributed by atoms with E-state index in [4.69, 9.17) is 10.8 Å². The van der Waals surface area contributed by atoms with Gasteiger partial charge < -0.3 is 20.8 Å². The Balaban J connectivity index is 3.00. The lowest BCUT2D eigenvalue weighted by Gasteiger charge is -2.40. The number of nitrogens with two attached hydrogens (primary N) is 1. The number of carboxylic acid groups (broad SMARTS) is 1. The summed E-state index contributed by atoms with van der Waals surface area (Å²) in [7, 11) is 0. The van der Waals surface area contributed by atoms with E-state index in [1.807, 2.05) is 0 Å². The molecule has 0 saturated carbocycles. The van der Waals surface area contributed by atoms with Gasteiger partial charge in [0.1, 0.15) is 6.04 Å². The van der Waals surface area contributed by atoms with Crippen LogP contribution in [0.4, 0.5) is 0 Å². The number of aliphatic carboxylic acids is 1. The van der Waals surface area contributed by atoms with Crippen LogP contribution in [0.2, 0.25) is 0 Å². The molecule has 1 aliphatic heterocycles. The molecule has 0 spiro atoms. The first-order valence-corrected chi connectivity index (χ1v) is 5.99. The highest BCUT2D eigenvalue weighted by Crippen LogP contribution is 2.33. The zero-order chi connectivity index (χ0) is 14.3. The summed E-state index contributed by atoms with van der Waals surface area (Å²) >= 11 is 0. The summed E-state index contributed by atoms with van der Waals surface area (Å²) in [4.78, 5) is 24.8. The molecule has 4 N–H and O–H groups in total. The minimum atomic E-state index is -1.09. The van der Waals surface area contributed by atoms with E-state index in [0.717, 1.165) is 0 Å². The Morgan fingerprint density at radius 3 is 2.17 bits per heavy atom. The van der Waals surface area contributed by atoms with E-state index >= 15 is 0 Å². The van der Waals surface area contributed by atoms with Crippen molar-refractivity contribution in [2.75, 3.05) is 6.54 Å². The third-order valence-corrected chi connectivity index (χ3v) is 3.97. The summed E-state index contributed by atoms with van der Waals surface area (Å²) < 4.78 is 0. The highest BCUT2D eigenvalue weighted by atomic mass is 16.4. The molecular weight excluding hydrogens is 236 g/mol. The van der Waals surface area contributed by atoms with Crippen molar-refractivity contribution >= 4 is 11.9 Å². The standard InChI is InChI=1S/C12H22N2O4/c1-11(2,12(3,4)13)10(18)14-6-7(15)5-8(14)9(16)17/h7-8,15H,5-6,13H2,1-4H3,(H,16,17)/t7?,8-/m0/s1. The molecule has 6 nitrogen and oxygen atoms in total. The third kappa shape index (κ3) is 2.49. The first-order valence-electron chi connectivity index (χ1n) is 5.99. The van der Waals surface area contributed by atoms with Crippen LogP contribution in [0.25, 0.3) is 0 Å². The average Bonchev–Trinajstić information content (AvgIpc) is 2.57. The fourth-order valence-electron chi connectivity index (χ4n) is 1.91. The molecule has 1 fully saturated rings. The summed E-state index contributed by atoms with van der Waals surface area (Å²) in [5, 5.41) is 18.6. The van der Waals surface area contributed by atoms with E-state index in [0.29, 0.717) is 0 Å². The number of amides is 1. The van der Waals surface area contributed by atoms with Crippen molar-refractivity contribution in [1.29, 1.82) is 0 Å². The van der Waals surface area contributed by atoms with Gasteiger partial charge >= 0.3 is 5.97 Å². The van der Waals surface area contributed by atoms with E-state index in [-0.39, 0.29) is 18.9 Å². The molecule has 1 heterocycles. The lowest BCUT2D eigenvalue weighted by Crippen LogP contribution is -2.58. The number of β-amino-alcohol motifs (C(OH)–C–C–N with tert-alkyl or cyclic N) is 1. The number of hydrogen-bond donors (Lipinski definition) is 3. The molecule has 2 atom stereocenters. The fourth-order valence-corrected chi connectivity index (χ4v) is 1.91. The van der Waals surface area contributed by atoms with Crippen LogP contribution in [0.15, 0.2) is 0 Å². The van der Waals surface area contributed by atoms with Crippen molar-refractivity contribution in [2.45, 2.75) is 51.8 Å². The van der Waals surface area contributed by atoms with E-state index in [1.165, 1.54) is 4.90 Å². The molecule has 0 radical (unpaired) electrons. The molecule has 0 aliphatic carbocycles. The summed E-state index contributed by atoms with van der Waals surface area (Å²) in [6.45, 7) is 6.90. The van der Waals surface area contributed by atoms with Gasteiger partial charge in [0.15, 0.2) is 0 Å². The Kier molecular flexibility index (Phi) is 3.74. The number of likely N-dealkylation sites (tertiary alicyclic amines) is 1. The van der Waals surface area contributed by atoms with Crippen LogP contribution in [0, 0.1) is 5.41 Å². The van der Waals surface area contributed by atoms with Crippen molar-refractivity contribution in [3.05, 3.63) is 0 Å². The third-order valence-electron chi connectivity index (χ3n) is 3.97. The van der Waals surface area contributed by atoms with Gasteiger partial charge in [0.05, 0.1) is 11.5 Å². The summed E-state index contributed by atoms with van der Waals surface area (Å²) in [6.07, 6.45) is -0.714. The number of carboxylic acids is 1. The van der Waals surface area contributed by atoms with Crippen LogP contribution in [-0.2, 0) is 9.59 Å². The highest BCUT2D eigenvalue weighted by Gasteiger charge is 2.48. The first-order chi connectivity index (χ1) is 7.98. The SMILES string of the molecule is CC(C)(N)C(C)(C)C(=O)N1CC(O)C[C@H]1C(=O)O. The van der Waals surface area contributed by atoms with Crippen molar-refractivity contribution in [2.24, 2.45) is 11.1 Å². The van der Waals surface area contributed by atoms with E-state index < -0.39 is 29.1 Å². The second-order valence-corrected chi connectivity index (χ2v) is 6.05. The maximum atomic E-state index is 12.4. The second kappa shape index (κ2) is 4.51. The quantitative estimate of drug-likeness (QED) is 0.650. The number of rotatable bonds is 3. The minimum absolute atomic E-state index is 0.0509. The van der Waals surface area contributed by atoms with Gasteiger partial charge in [0.2, 0.25) is 5.91 Å². The predicted octanol–water partition coefficient (Wildman–Crippen LogP) is -0.204. The number of nitrogens with zero attached hydrogens (tertiary/aromatic N) is 1. The van der Waals surface area contributed by atoms with Gasteiger partial charge in [-0.15, -0.1) is 0 Å². The molecule has 1 saturated heterocycles. The summed E-state index contributed by atoms with van der Waals surface area (Å²) in [6, 6.07) is -0.964. The molecular formula is C12H22N2O4. The van der Waals surface area contributed by atoms with Crippen LogP contribution in [0.1, 0.15) is 34.1 Å². The van der Waals surface area contributed by atoms with Crippen molar-refractivity contribution in [1.82, 2.24) is 4.90 Å². The van der Waals surface area contributed by atoms with Gasteiger partial charge in [-0.3, -0.25) is 4.79 Å². The molecule has 1 rings (SSSR count). The number of carbonyl (C=O) groups is 2. The Labute approximate surface area is 107 Å². The van der Waals surface area contributed by atoms with Gasteiger partial charge in [-0.25, -0.2) is 4.79 Å². The average molecular weight is 258 g/mol. The van der Waals surface area contributed by atoms with Crippen LogP contribution in [0.5, 0.6) is 0 Å². The topological polar surface area (TPSA) is 104 Å². The molecule has 0 bridgehead atoms. The first kappa shape index (κ1) is 14.9. The predicted molar refractivity (Wildman–Crippen MR) is 65.8 cm³/mol. The minimum Gasteiger partial charge on any atom is -0.480 e. The van der Waals surface area contributed by atoms with Gasteiger partial charge in [-0.2, -0.15) is 0 Å². The van der Waals surface area contributed by atoms with Crippen LogP contribution in [0.3, 0.4) is 0 Å². The maximum absolute atomic E-state index is 12.4. The highest BCUT2D eigenvalue weighted by molar-refractivity contribution is 5.88. The normalized spacial score (nSPS) is 25.3. The van der Waals surface area contributed by atoms with Crippen LogP contribution < -0.4 is 5.73 Å². The molecule has 1 amide bonds. The Bertz CT molecular complexity index is 360. The molecule has 104 valence electrons. The van der Waals surface area contributed by atoms with Gasteiger partial charge in [0.25, 0.3) is 0 Å². The second-order valence-electron chi connectivity index (χ2n) is 6.05. The van der Waals surface area contributed by atoms with Gasteiger partial charge in [-0.05, 0) is 27.7 Å². The Morgan fingerprint density at radius 2 is 1.78 bits per heavy atom. The molecule has 1 unspecified atom stereocenters. The zero-order valence-corrected chi connectivity index (χ0v) is 11.3. The number of carbonyl (C=O) groups excluding carboxylic acids is 1. The lowest BCUT2D eigenvalue weighted by molar-refractivity contribution is -0.154. The Hall–Kier alpha value is -1.14. The number of hydrogen-bond acceptors (Lipinski definition) is 4. The largest absolute Gasteiger partial charge is 0.480 e. The van der Waals surface area contributed by atoms with Crippen molar-refractivity contribution < 1.29 is 19.8 Å². The Morgan fingerprint density at radius 1 is 1.28 bits per heavy atom. The summed E-state index contributed by atoms with van der Waals surface area (Å²) in [5.74, 6) is -1.43. The van der Waals surface area contributed by atoms with E-state index in [9.17, 15) is 14.7 Å². The van der Waals surface area contributed by atoms with Gasteiger partial charge in [-0.1, -0.05) is 0 Å². The smallest absolute Gasteiger partial charge is 0.326 e. The van der Waals surface area contributed by atoms with Crippen LogP contribution >= 0.6 is 0 Å². The molecule has 6 heteroatoms.